The number of nitrogens with zero attached hydrogens (tertiary/aromatic N) is 2. The summed E-state index contributed by atoms with van der Waals surface area (Å²) in [5, 5.41) is 2.99. The molecule has 0 bridgehead atoms. The van der Waals surface area contributed by atoms with Crippen molar-refractivity contribution in [1.82, 2.24) is 0 Å². The van der Waals surface area contributed by atoms with Gasteiger partial charge in [0.25, 0.3) is 5.91 Å². The quantitative estimate of drug-likeness (QED) is 0.607. The largest absolute Gasteiger partial charge is 0.324 e. The van der Waals surface area contributed by atoms with Crippen molar-refractivity contribution in [1.29, 1.82) is 0 Å². The summed E-state index contributed by atoms with van der Waals surface area (Å²) < 4.78 is 0. The monoisotopic (exact) mass is 471 g/mol. The van der Waals surface area contributed by atoms with E-state index in [-0.39, 0.29) is 30.0 Å². The molecule has 3 aromatic carbocycles. The number of carbonyl (C=O) groups is 3. The molecule has 1 fully saturated rings. The predicted octanol–water partition coefficient (Wildman–Crippen LogP) is 4.53. The summed E-state index contributed by atoms with van der Waals surface area (Å²) >= 11 is 1.31. The van der Waals surface area contributed by atoms with Crippen molar-refractivity contribution in [2.24, 2.45) is 0 Å². The van der Waals surface area contributed by atoms with Crippen molar-refractivity contribution in [3.63, 3.8) is 0 Å². The van der Waals surface area contributed by atoms with Crippen LogP contribution in [0.1, 0.15) is 22.3 Å². The maximum absolute atomic E-state index is 14.0. The van der Waals surface area contributed by atoms with Gasteiger partial charge in [0.1, 0.15) is 6.54 Å². The zero-order valence-electron chi connectivity index (χ0n) is 19.3. The highest BCUT2D eigenvalue weighted by atomic mass is 32.2. The number of rotatable bonds is 4. The summed E-state index contributed by atoms with van der Waals surface area (Å²) in [5.74, 6) is -0.496. The van der Waals surface area contributed by atoms with Crippen LogP contribution in [0.4, 0.5) is 17.1 Å². The number of benzene rings is 3. The van der Waals surface area contributed by atoms with Crippen LogP contribution < -0.4 is 15.1 Å². The fourth-order valence-corrected chi connectivity index (χ4v) is 6.35. The van der Waals surface area contributed by atoms with Gasteiger partial charge in [-0.15, -0.1) is 11.8 Å². The molecule has 1 atom stereocenters. The van der Waals surface area contributed by atoms with Crippen LogP contribution in [-0.4, -0.2) is 30.0 Å². The molecular weight excluding hydrogens is 446 g/mol. The second kappa shape index (κ2) is 8.33. The third kappa shape index (κ3) is 3.39. The molecule has 0 aliphatic carbocycles. The number of aryl methyl sites for hydroxylation is 3. The van der Waals surface area contributed by atoms with Crippen LogP contribution in [0.2, 0.25) is 0 Å². The number of para-hydroxylation sites is 2. The Morgan fingerprint density at radius 2 is 1.62 bits per heavy atom. The number of fused-ring (bicyclic) bond motifs is 2. The highest BCUT2D eigenvalue weighted by Gasteiger charge is 2.61. The first-order valence-electron chi connectivity index (χ1n) is 11.1. The van der Waals surface area contributed by atoms with E-state index < -0.39 is 4.87 Å². The molecule has 6 nitrogen and oxygen atoms in total. The molecular formula is C27H25N3O3S. The summed E-state index contributed by atoms with van der Waals surface area (Å²) in [6.45, 7) is 5.80. The molecule has 3 amide bonds. The Morgan fingerprint density at radius 3 is 2.32 bits per heavy atom. The van der Waals surface area contributed by atoms with Crippen molar-refractivity contribution in [3.8, 4) is 0 Å². The van der Waals surface area contributed by atoms with E-state index in [9.17, 15) is 14.4 Å². The summed E-state index contributed by atoms with van der Waals surface area (Å²) in [5.41, 5.74) is 5.89. The highest BCUT2D eigenvalue weighted by molar-refractivity contribution is 8.02. The zero-order chi connectivity index (χ0) is 24.0. The summed E-state index contributed by atoms with van der Waals surface area (Å²) in [6, 6.07) is 20.7. The van der Waals surface area contributed by atoms with Crippen LogP contribution in [0.25, 0.3) is 0 Å². The second-order valence-corrected chi connectivity index (χ2v) is 9.90. The van der Waals surface area contributed by atoms with Gasteiger partial charge in [0.15, 0.2) is 0 Å². The molecule has 5 rings (SSSR count). The first-order valence-corrected chi connectivity index (χ1v) is 12.1. The van der Waals surface area contributed by atoms with Crippen molar-refractivity contribution in [3.05, 3.63) is 89.0 Å². The molecule has 1 N–H and O–H groups in total. The lowest BCUT2D eigenvalue weighted by Gasteiger charge is -2.33. The molecule has 1 unspecified atom stereocenters. The van der Waals surface area contributed by atoms with Crippen molar-refractivity contribution in [2.75, 3.05) is 27.4 Å². The number of hydrogen-bond acceptors (Lipinski definition) is 4. The smallest absolute Gasteiger partial charge is 0.269 e. The molecule has 2 aliphatic heterocycles. The molecule has 0 aromatic heterocycles. The standard InChI is InChI=1S/C27H25N3O3S/c1-17-13-18(2)25(19(3)14-17)28-23(31)15-29-22-12-8-7-11-21(22)27(26(29)33)30(24(32)16-34-27)20-9-5-4-6-10-20/h4-14H,15-16H2,1-3H3,(H,28,31). The first-order chi connectivity index (χ1) is 16.3. The minimum Gasteiger partial charge on any atom is -0.324 e. The third-order valence-electron chi connectivity index (χ3n) is 6.32. The molecule has 7 heteroatoms. The average Bonchev–Trinajstić information content (AvgIpc) is 3.28. The average molecular weight is 472 g/mol. The summed E-state index contributed by atoms with van der Waals surface area (Å²) in [7, 11) is 0. The van der Waals surface area contributed by atoms with E-state index in [0.717, 1.165) is 27.9 Å². The Bertz CT molecular complexity index is 1300. The number of thioether (sulfide) groups is 1. The van der Waals surface area contributed by atoms with Crippen LogP contribution in [0.3, 0.4) is 0 Å². The van der Waals surface area contributed by atoms with Crippen LogP contribution in [0.5, 0.6) is 0 Å². The van der Waals surface area contributed by atoms with Gasteiger partial charge in [0.05, 0.1) is 11.4 Å². The minimum absolute atomic E-state index is 0.128. The van der Waals surface area contributed by atoms with Gasteiger partial charge < -0.3 is 5.32 Å². The predicted molar refractivity (Wildman–Crippen MR) is 136 cm³/mol. The number of anilines is 3. The Morgan fingerprint density at radius 1 is 0.971 bits per heavy atom. The Balaban J connectivity index is 1.51. The van der Waals surface area contributed by atoms with Gasteiger partial charge >= 0.3 is 0 Å². The zero-order valence-corrected chi connectivity index (χ0v) is 20.1. The number of amides is 3. The van der Waals surface area contributed by atoms with Crippen LogP contribution in [0.15, 0.2) is 66.7 Å². The molecule has 0 saturated carbocycles. The lowest BCUT2D eigenvalue weighted by atomic mass is 10.0. The van der Waals surface area contributed by atoms with Gasteiger partial charge in [0.2, 0.25) is 16.7 Å². The summed E-state index contributed by atoms with van der Waals surface area (Å²) in [4.78, 5) is 42.0. The van der Waals surface area contributed by atoms with Gasteiger partial charge in [-0.05, 0) is 50.1 Å². The fraction of sp³-hybridized carbons (Fsp3) is 0.222. The van der Waals surface area contributed by atoms with Crippen molar-refractivity contribution in [2.45, 2.75) is 25.6 Å². The highest BCUT2D eigenvalue weighted by Crippen LogP contribution is 2.55. The van der Waals surface area contributed by atoms with E-state index in [1.165, 1.54) is 16.7 Å². The first kappa shape index (κ1) is 22.2. The maximum atomic E-state index is 14.0. The molecule has 34 heavy (non-hydrogen) atoms. The van der Waals surface area contributed by atoms with Gasteiger partial charge in [-0.3, -0.25) is 24.2 Å². The number of carbonyl (C=O) groups excluding carboxylic acids is 3. The van der Waals surface area contributed by atoms with Gasteiger partial charge in [-0.1, -0.05) is 54.1 Å². The van der Waals surface area contributed by atoms with E-state index in [4.69, 9.17) is 0 Å². The molecule has 1 spiro atoms. The molecule has 2 heterocycles. The van der Waals surface area contributed by atoms with E-state index in [1.54, 1.807) is 4.90 Å². The van der Waals surface area contributed by atoms with Crippen LogP contribution in [-0.2, 0) is 19.3 Å². The molecule has 3 aromatic rings. The van der Waals surface area contributed by atoms with Gasteiger partial charge in [-0.2, -0.15) is 0 Å². The Kier molecular flexibility index (Phi) is 5.44. The topological polar surface area (TPSA) is 69.7 Å². The second-order valence-electron chi connectivity index (χ2n) is 8.73. The van der Waals surface area contributed by atoms with Crippen molar-refractivity contribution < 1.29 is 14.4 Å². The van der Waals surface area contributed by atoms with Crippen molar-refractivity contribution >= 4 is 46.5 Å². The lowest BCUT2D eigenvalue weighted by molar-refractivity contribution is -0.124. The van der Waals surface area contributed by atoms with E-state index in [2.05, 4.69) is 5.32 Å². The lowest BCUT2D eigenvalue weighted by Crippen LogP contribution is -2.50. The van der Waals surface area contributed by atoms with Crippen LogP contribution in [0, 0.1) is 20.8 Å². The normalized spacial score (nSPS) is 19.1. The molecule has 2 aliphatic rings. The molecule has 172 valence electrons. The van der Waals surface area contributed by atoms with Gasteiger partial charge in [-0.25, -0.2) is 0 Å². The maximum Gasteiger partial charge on any atom is 0.269 e. The third-order valence-corrected chi connectivity index (χ3v) is 7.71. The molecule has 0 radical (unpaired) electrons. The van der Waals surface area contributed by atoms with E-state index in [1.807, 2.05) is 87.5 Å². The molecule has 1 saturated heterocycles. The van der Waals surface area contributed by atoms with E-state index in [0.29, 0.717) is 11.4 Å². The minimum atomic E-state index is -1.22. The van der Waals surface area contributed by atoms with E-state index >= 15 is 0 Å². The SMILES string of the molecule is Cc1cc(C)c(NC(=O)CN2C(=O)C3(SCC(=O)N3c3ccccc3)c3ccccc32)c(C)c1. The Hall–Kier alpha value is -3.58. The Labute approximate surface area is 202 Å². The fourth-order valence-electron chi connectivity index (χ4n) is 4.99. The number of nitrogens with one attached hydrogen (secondary N) is 1. The summed E-state index contributed by atoms with van der Waals surface area (Å²) in [6.07, 6.45) is 0. The van der Waals surface area contributed by atoms with Gasteiger partial charge in [0, 0.05) is 16.9 Å². The number of hydrogen-bond donors (Lipinski definition) is 1. The van der Waals surface area contributed by atoms with Crippen LogP contribution >= 0.6 is 11.8 Å².